The molecule has 2 aromatic rings. The van der Waals surface area contributed by atoms with E-state index >= 15 is 0 Å². The van der Waals surface area contributed by atoms with Crippen molar-refractivity contribution in [2.45, 2.75) is 34.1 Å². The first-order valence-corrected chi connectivity index (χ1v) is 8.21. The Kier molecular flexibility index (Phi) is 6.22. The zero-order valence-electron chi connectivity index (χ0n) is 15.4. The Morgan fingerprint density at radius 3 is 2.35 bits per heavy atom. The van der Waals surface area contributed by atoms with Gasteiger partial charge in [0.15, 0.2) is 6.61 Å². The molecule has 0 spiro atoms. The number of ether oxygens (including phenoxy) is 1. The van der Waals surface area contributed by atoms with Crippen molar-refractivity contribution in [1.82, 2.24) is 0 Å². The molecule has 0 saturated carbocycles. The zero-order chi connectivity index (χ0) is 19.3. The predicted molar refractivity (Wildman–Crippen MR) is 98.8 cm³/mol. The smallest absolute Gasteiger partial charge is 0.372 e. The number of phenols is 2. The lowest BCUT2D eigenvalue weighted by Gasteiger charge is -2.10. The molecule has 0 aliphatic carbocycles. The zero-order valence-corrected chi connectivity index (χ0v) is 15.4. The fraction of sp³-hybridized carbons (Fsp3) is 0.300. The summed E-state index contributed by atoms with van der Waals surface area (Å²) in [6, 6.07) is 8.04. The van der Waals surface area contributed by atoms with Crippen molar-refractivity contribution in [2.75, 3.05) is 6.61 Å². The molecule has 0 fully saturated rings. The number of aromatic hydroxyl groups is 2. The number of nitrogens with zero attached hydrogens (tertiary/aromatic N) is 1. The maximum Gasteiger partial charge on any atom is 0.372 e. The van der Waals surface area contributed by atoms with Crippen molar-refractivity contribution < 1.29 is 24.6 Å². The molecule has 0 aliphatic rings. The molecule has 0 saturated heterocycles. The average molecular weight is 357 g/mol. The molecule has 6 heteroatoms. The van der Waals surface area contributed by atoms with Gasteiger partial charge < -0.3 is 19.8 Å². The maximum atomic E-state index is 11.8. The molecule has 2 aromatic carbocycles. The van der Waals surface area contributed by atoms with Crippen LogP contribution in [-0.2, 0) is 16.1 Å². The summed E-state index contributed by atoms with van der Waals surface area (Å²) in [6.07, 6.45) is 0.288. The Labute approximate surface area is 152 Å². The summed E-state index contributed by atoms with van der Waals surface area (Å²) in [6.45, 7) is 7.43. The molecular formula is C20H23NO5. The van der Waals surface area contributed by atoms with Gasteiger partial charge in [-0.15, -0.1) is 0 Å². The molecule has 0 amide bonds. The minimum atomic E-state index is -0.616. The van der Waals surface area contributed by atoms with Gasteiger partial charge >= 0.3 is 5.97 Å². The quantitative estimate of drug-likeness (QED) is 0.469. The van der Waals surface area contributed by atoms with Crippen LogP contribution < -0.4 is 4.74 Å². The van der Waals surface area contributed by atoms with E-state index in [9.17, 15) is 15.0 Å². The third-order valence-corrected chi connectivity index (χ3v) is 4.08. The molecule has 0 atom stereocenters. The second-order valence-electron chi connectivity index (χ2n) is 6.25. The first kappa shape index (κ1) is 19.3. The minimum Gasteiger partial charge on any atom is -0.508 e. The summed E-state index contributed by atoms with van der Waals surface area (Å²) >= 11 is 0. The molecule has 6 nitrogen and oxygen atoms in total. The van der Waals surface area contributed by atoms with Gasteiger partial charge in [-0.2, -0.15) is 0 Å². The van der Waals surface area contributed by atoms with Crippen molar-refractivity contribution in [3.8, 4) is 17.2 Å². The molecule has 0 unspecified atom stereocenters. The second kappa shape index (κ2) is 8.38. The van der Waals surface area contributed by atoms with E-state index < -0.39 is 5.97 Å². The topological polar surface area (TPSA) is 88.4 Å². The van der Waals surface area contributed by atoms with Gasteiger partial charge in [0.25, 0.3) is 0 Å². The van der Waals surface area contributed by atoms with E-state index in [1.54, 1.807) is 13.0 Å². The average Bonchev–Trinajstić information content (AvgIpc) is 2.58. The number of aryl methyl sites for hydroxylation is 2. The monoisotopic (exact) mass is 357 g/mol. The Bertz CT molecular complexity index is 819. The number of carbonyl (C=O) groups is 1. The summed E-state index contributed by atoms with van der Waals surface area (Å²) in [5, 5.41) is 22.8. The van der Waals surface area contributed by atoms with Gasteiger partial charge in [0.1, 0.15) is 17.2 Å². The molecule has 26 heavy (non-hydrogen) atoms. The van der Waals surface area contributed by atoms with Gasteiger partial charge in [0.05, 0.1) is 5.71 Å². The van der Waals surface area contributed by atoms with Crippen molar-refractivity contribution in [3.63, 3.8) is 0 Å². The number of rotatable bonds is 6. The number of oxime groups is 1. The highest BCUT2D eigenvalue weighted by atomic mass is 16.7. The number of hydrogen-bond acceptors (Lipinski definition) is 6. The van der Waals surface area contributed by atoms with Gasteiger partial charge in [-0.05, 0) is 68.1 Å². The van der Waals surface area contributed by atoms with Gasteiger partial charge in [-0.25, -0.2) is 4.79 Å². The summed E-state index contributed by atoms with van der Waals surface area (Å²) in [7, 11) is 0. The SMILES string of the molecule is C/C(Cc1ccc(O)cc1O)=N\OC(=O)COc1cc(C)c(C)c(C)c1. The number of hydrogen-bond donors (Lipinski definition) is 2. The largest absolute Gasteiger partial charge is 0.508 e. The van der Waals surface area contributed by atoms with E-state index in [1.165, 1.54) is 17.7 Å². The summed E-state index contributed by atoms with van der Waals surface area (Å²) < 4.78 is 5.46. The van der Waals surface area contributed by atoms with Crippen LogP contribution in [0.25, 0.3) is 0 Å². The third-order valence-electron chi connectivity index (χ3n) is 4.08. The Hall–Kier alpha value is -3.02. The molecule has 0 aromatic heterocycles. The van der Waals surface area contributed by atoms with Crippen molar-refractivity contribution in [3.05, 3.63) is 52.6 Å². The van der Waals surface area contributed by atoms with Crippen LogP contribution in [0.4, 0.5) is 0 Å². The van der Waals surface area contributed by atoms with Gasteiger partial charge in [0, 0.05) is 12.5 Å². The molecule has 0 bridgehead atoms. The third kappa shape index (κ3) is 5.24. The van der Waals surface area contributed by atoms with E-state index in [0.717, 1.165) is 11.1 Å². The molecule has 138 valence electrons. The van der Waals surface area contributed by atoms with Crippen LogP contribution in [0.2, 0.25) is 0 Å². The van der Waals surface area contributed by atoms with Crippen LogP contribution in [0.15, 0.2) is 35.5 Å². The van der Waals surface area contributed by atoms with Gasteiger partial charge in [0.2, 0.25) is 0 Å². The first-order chi connectivity index (χ1) is 12.3. The second-order valence-corrected chi connectivity index (χ2v) is 6.25. The lowest BCUT2D eigenvalue weighted by atomic mass is 10.0. The van der Waals surface area contributed by atoms with Crippen LogP contribution >= 0.6 is 0 Å². The van der Waals surface area contributed by atoms with Gasteiger partial charge in [-0.1, -0.05) is 11.2 Å². The van der Waals surface area contributed by atoms with Crippen molar-refractivity contribution >= 4 is 11.7 Å². The lowest BCUT2D eigenvalue weighted by Crippen LogP contribution is -2.14. The first-order valence-electron chi connectivity index (χ1n) is 8.21. The van der Waals surface area contributed by atoms with Crippen LogP contribution in [0.3, 0.4) is 0 Å². The van der Waals surface area contributed by atoms with E-state index in [4.69, 9.17) is 9.57 Å². The molecule has 2 N–H and O–H groups in total. The fourth-order valence-electron chi connectivity index (χ4n) is 2.39. The standard InChI is InChI=1S/C20H23NO5/c1-12-7-18(8-13(2)15(12)4)25-11-20(24)26-21-14(3)9-16-5-6-17(22)10-19(16)23/h5-8,10,22-23H,9,11H2,1-4H3/b21-14+. The number of carbonyl (C=O) groups excluding carboxylic acids is 1. The molecule has 0 radical (unpaired) electrons. The Balaban J connectivity index is 1.88. The van der Waals surface area contributed by atoms with Crippen LogP contribution in [0, 0.1) is 20.8 Å². The van der Waals surface area contributed by atoms with Crippen molar-refractivity contribution in [2.24, 2.45) is 5.16 Å². The highest BCUT2D eigenvalue weighted by molar-refractivity contribution is 5.85. The summed E-state index contributed by atoms with van der Waals surface area (Å²) in [5.74, 6) is -0.0715. The van der Waals surface area contributed by atoms with Crippen LogP contribution in [0.5, 0.6) is 17.2 Å². The summed E-state index contributed by atoms with van der Waals surface area (Å²) in [5.41, 5.74) is 4.45. The van der Waals surface area contributed by atoms with Crippen molar-refractivity contribution in [1.29, 1.82) is 0 Å². The molecule has 2 rings (SSSR count). The van der Waals surface area contributed by atoms with E-state index in [-0.39, 0.29) is 24.5 Å². The van der Waals surface area contributed by atoms with E-state index in [0.29, 0.717) is 17.0 Å². The van der Waals surface area contributed by atoms with Crippen LogP contribution in [-0.4, -0.2) is 28.5 Å². The number of benzene rings is 2. The lowest BCUT2D eigenvalue weighted by molar-refractivity contribution is -0.146. The normalized spacial score (nSPS) is 11.3. The van der Waals surface area contributed by atoms with Gasteiger partial charge in [-0.3, -0.25) is 0 Å². The molecule has 0 heterocycles. The Morgan fingerprint density at radius 2 is 1.73 bits per heavy atom. The molecule has 0 aliphatic heterocycles. The fourth-order valence-corrected chi connectivity index (χ4v) is 2.39. The highest BCUT2D eigenvalue weighted by Gasteiger charge is 2.08. The number of phenolic OH excluding ortho intramolecular Hbond substituents is 2. The minimum absolute atomic E-state index is 0.0222. The molecular weight excluding hydrogens is 334 g/mol. The van der Waals surface area contributed by atoms with E-state index in [2.05, 4.69) is 5.16 Å². The van der Waals surface area contributed by atoms with Crippen LogP contribution in [0.1, 0.15) is 29.2 Å². The van der Waals surface area contributed by atoms with E-state index in [1.807, 2.05) is 32.9 Å². The summed E-state index contributed by atoms with van der Waals surface area (Å²) in [4.78, 5) is 16.6. The predicted octanol–water partition coefficient (Wildman–Crippen LogP) is 3.56. The maximum absolute atomic E-state index is 11.8. The Morgan fingerprint density at radius 1 is 1.08 bits per heavy atom. The highest BCUT2D eigenvalue weighted by Crippen LogP contribution is 2.23.